The van der Waals surface area contributed by atoms with Crippen molar-refractivity contribution >= 4 is 5.91 Å². The maximum atomic E-state index is 11.9. The Labute approximate surface area is 130 Å². The van der Waals surface area contributed by atoms with E-state index in [0.717, 1.165) is 0 Å². The van der Waals surface area contributed by atoms with Crippen LogP contribution in [-0.4, -0.2) is 61.7 Å². The summed E-state index contributed by atoms with van der Waals surface area (Å²) in [6.07, 6.45) is 0.673. The number of hydrogen-bond acceptors (Lipinski definition) is 6. The van der Waals surface area contributed by atoms with E-state index in [2.05, 4.69) is 10.3 Å². The van der Waals surface area contributed by atoms with Crippen LogP contribution in [0.1, 0.15) is 24.2 Å². The molecule has 22 heavy (non-hydrogen) atoms. The molecule has 124 valence electrons. The molecule has 0 aromatic carbocycles. The molecule has 0 unspecified atom stereocenters. The lowest BCUT2D eigenvalue weighted by atomic mass is 10.2. The summed E-state index contributed by atoms with van der Waals surface area (Å²) in [7, 11) is 0. The van der Waals surface area contributed by atoms with Gasteiger partial charge in [0.15, 0.2) is 0 Å². The monoisotopic (exact) mass is 312 g/mol. The fourth-order valence-corrected chi connectivity index (χ4v) is 1.60. The molecular formula is C15H24N2O5. The minimum atomic E-state index is -0.763. The van der Waals surface area contributed by atoms with Crippen LogP contribution in [0.4, 0.5) is 0 Å². The average Bonchev–Trinajstić information content (AvgIpc) is 2.53. The SMILES string of the molecule is CCOCCOC[C@H](O)CNC(=O)c1ccc(OCC)nc1. The molecular weight excluding hydrogens is 288 g/mol. The van der Waals surface area contributed by atoms with Gasteiger partial charge in [0.05, 0.1) is 38.1 Å². The zero-order valence-corrected chi connectivity index (χ0v) is 13.1. The number of rotatable bonds is 11. The number of nitrogens with one attached hydrogen (secondary N) is 1. The number of ether oxygens (including phenoxy) is 3. The van der Waals surface area contributed by atoms with Crippen molar-refractivity contribution in [3.05, 3.63) is 23.9 Å². The van der Waals surface area contributed by atoms with Gasteiger partial charge in [-0.3, -0.25) is 4.79 Å². The molecule has 0 radical (unpaired) electrons. The number of hydrogen-bond donors (Lipinski definition) is 2. The van der Waals surface area contributed by atoms with Gasteiger partial charge < -0.3 is 24.6 Å². The van der Waals surface area contributed by atoms with Crippen molar-refractivity contribution in [2.45, 2.75) is 20.0 Å². The van der Waals surface area contributed by atoms with Gasteiger partial charge in [0.25, 0.3) is 5.91 Å². The minimum Gasteiger partial charge on any atom is -0.478 e. The lowest BCUT2D eigenvalue weighted by Gasteiger charge is -2.12. The third-order valence-corrected chi connectivity index (χ3v) is 2.68. The van der Waals surface area contributed by atoms with E-state index >= 15 is 0 Å². The number of nitrogens with zero attached hydrogens (tertiary/aromatic N) is 1. The van der Waals surface area contributed by atoms with E-state index in [1.807, 2.05) is 13.8 Å². The largest absolute Gasteiger partial charge is 0.478 e. The summed E-state index contributed by atoms with van der Waals surface area (Å²) in [4.78, 5) is 15.9. The first-order chi connectivity index (χ1) is 10.7. The Morgan fingerprint density at radius 2 is 2.05 bits per heavy atom. The van der Waals surface area contributed by atoms with Gasteiger partial charge in [-0.25, -0.2) is 4.98 Å². The summed E-state index contributed by atoms with van der Waals surface area (Å²) in [6.45, 7) is 6.09. The van der Waals surface area contributed by atoms with Crippen LogP contribution in [0.5, 0.6) is 5.88 Å². The summed E-state index contributed by atoms with van der Waals surface area (Å²) in [5.74, 6) is 0.172. The van der Waals surface area contributed by atoms with Crippen LogP contribution in [0.3, 0.4) is 0 Å². The second-order valence-corrected chi connectivity index (χ2v) is 4.45. The van der Waals surface area contributed by atoms with Crippen molar-refractivity contribution in [3.8, 4) is 5.88 Å². The standard InChI is InChI=1S/C15H24N2O5/c1-3-20-7-8-21-11-13(18)10-17-15(19)12-5-6-14(16-9-12)22-4-2/h5-6,9,13,18H,3-4,7-8,10-11H2,1-2H3,(H,17,19)/t13-/m1/s1. The van der Waals surface area contributed by atoms with E-state index in [0.29, 0.717) is 37.9 Å². The van der Waals surface area contributed by atoms with E-state index in [1.165, 1.54) is 6.20 Å². The first-order valence-electron chi connectivity index (χ1n) is 7.38. The number of pyridine rings is 1. The molecule has 0 bridgehead atoms. The second kappa shape index (κ2) is 10.9. The molecule has 0 aliphatic heterocycles. The van der Waals surface area contributed by atoms with Crippen LogP contribution in [0.2, 0.25) is 0 Å². The highest BCUT2D eigenvalue weighted by atomic mass is 16.5. The number of aliphatic hydroxyl groups excluding tert-OH is 1. The van der Waals surface area contributed by atoms with E-state index in [1.54, 1.807) is 12.1 Å². The van der Waals surface area contributed by atoms with Crippen LogP contribution in [-0.2, 0) is 9.47 Å². The van der Waals surface area contributed by atoms with Crippen molar-refractivity contribution in [1.29, 1.82) is 0 Å². The van der Waals surface area contributed by atoms with E-state index < -0.39 is 6.10 Å². The van der Waals surface area contributed by atoms with Gasteiger partial charge in [-0.05, 0) is 19.9 Å². The predicted octanol–water partition coefficient (Wildman–Crippen LogP) is 0.624. The summed E-state index contributed by atoms with van der Waals surface area (Å²) in [5, 5.41) is 12.3. The fourth-order valence-electron chi connectivity index (χ4n) is 1.60. The molecule has 0 saturated carbocycles. The van der Waals surface area contributed by atoms with Crippen molar-refractivity contribution in [3.63, 3.8) is 0 Å². The van der Waals surface area contributed by atoms with Crippen LogP contribution < -0.4 is 10.1 Å². The van der Waals surface area contributed by atoms with Crippen molar-refractivity contribution in [1.82, 2.24) is 10.3 Å². The maximum Gasteiger partial charge on any atom is 0.252 e. The highest BCUT2D eigenvalue weighted by Crippen LogP contribution is 2.07. The highest BCUT2D eigenvalue weighted by Gasteiger charge is 2.10. The Morgan fingerprint density at radius 1 is 1.27 bits per heavy atom. The normalized spacial score (nSPS) is 12.0. The molecule has 1 amide bonds. The summed E-state index contributed by atoms with van der Waals surface area (Å²) in [6, 6.07) is 3.25. The second-order valence-electron chi connectivity index (χ2n) is 4.45. The van der Waals surface area contributed by atoms with Gasteiger partial charge in [0.2, 0.25) is 5.88 Å². The van der Waals surface area contributed by atoms with Gasteiger partial charge >= 0.3 is 0 Å². The molecule has 0 aliphatic rings. The smallest absolute Gasteiger partial charge is 0.252 e. The van der Waals surface area contributed by atoms with Gasteiger partial charge in [-0.1, -0.05) is 0 Å². The molecule has 1 aromatic rings. The predicted molar refractivity (Wildman–Crippen MR) is 81.1 cm³/mol. The van der Waals surface area contributed by atoms with Crippen LogP contribution in [0.25, 0.3) is 0 Å². The topological polar surface area (TPSA) is 89.9 Å². The van der Waals surface area contributed by atoms with Gasteiger partial charge in [0, 0.05) is 25.4 Å². The van der Waals surface area contributed by atoms with Crippen LogP contribution in [0.15, 0.2) is 18.3 Å². The zero-order chi connectivity index (χ0) is 16.2. The van der Waals surface area contributed by atoms with E-state index in [4.69, 9.17) is 14.2 Å². The fraction of sp³-hybridized carbons (Fsp3) is 0.600. The highest BCUT2D eigenvalue weighted by molar-refractivity contribution is 5.93. The molecule has 1 aromatic heterocycles. The Bertz CT molecular complexity index is 424. The van der Waals surface area contributed by atoms with Gasteiger partial charge in [-0.2, -0.15) is 0 Å². The first kappa shape index (κ1) is 18.3. The third kappa shape index (κ3) is 7.35. The summed E-state index contributed by atoms with van der Waals surface area (Å²) < 4.78 is 15.5. The lowest BCUT2D eigenvalue weighted by Crippen LogP contribution is -2.34. The number of carbonyl (C=O) groups is 1. The van der Waals surface area contributed by atoms with Crippen LogP contribution in [0, 0.1) is 0 Å². The maximum absolute atomic E-state index is 11.9. The molecule has 7 nitrogen and oxygen atoms in total. The van der Waals surface area contributed by atoms with Crippen LogP contribution >= 0.6 is 0 Å². The Kier molecular flexibility index (Phi) is 9.13. The number of aromatic nitrogens is 1. The lowest BCUT2D eigenvalue weighted by molar-refractivity contribution is 0.00663. The molecule has 7 heteroatoms. The van der Waals surface area contributed by atoms with Crippen molar-refractivity contribution in [2.24, 2.45) is 0 Å². The number of carbonyl (C=O) groups excluding carboxylic acids is 1. The average molecular weight is 312 g/mol. The zero-order valence-electron chi connectivity index (χ0n) is 13.1. The Morgan fingerprint density at radius 3 is 2.68 bits per heavy atom. The molecule has 0 aliphatic carbocycles. The van der Waals surface area contributed by atoms with Gasteiger partial charge in [0.1, 0.15) is 0 Å². The van der Waals surface area contributed by atoms with Crippen molar-refractivity contribution < 1.29 is 24.1 Å². The molecule has 1 heterocycles. The number of aliphatic hydroxyl groups is 1. The Hall–Kier alpha value is -1.70. The number of amides is 1. The molecule has 1 rings (SSSR count). The van der Waals surface area contributed by atoms with E-state index in [9.17, 15) is 9.90 Å². The third-order valence-electron chi connectivity index (χ3n) is 2.68. The quantitative estimate of drug-likeness (QED) is 0.582. The molecule has 0 saturated heterocycles. The van der Waals surface area contributed by atoms with Gasteiger partial charge in [-0.15, -0.1) is 0 Å². The van der Waals surface area contributed by atoms with E-state index in [-0.39, 0.29) is 19.1 Å². The summed E-state index contributed by atoms with van der Waals surface area (Å²) in [5.41, 5.74) is 0.410. The molecule has 0 spiro atoms. The molecule has 1 atom stereocenters. The Balaban J connectivity index is 2.24. The first-order valence-corrected chi connectivity index (χ1v) is 7.38. The van der Waals surface area contributed by atoms with Crippen molar-refractivity contribution in [2.75, 3.05) is 39.6 Å². The summed E-state index contributed by atoms with van der Waals surface area (Å²) >= 11 is 0. The molecule has 0 fully saturated rings. The molecule has 2 N–H and O–H groups in total. The minimum absolute atomic E-state index is 0.112.